The van der Waals surface area contributed by atoms with Crippen LogP contribution in [0.2, 0.25) is 5.02 Å². The van der Waals surface area contributed by atoms with Crippen LogP contribution in [-0.2, 0) is 21.4 Å². The second-order valence-corrected chi connectivity index (χ2v) is 11.2. The van der Waals surface area contributed by atoms with Gasteiger partial charge in [0.15, 0.2) is 0 Å². The fraction of sp³-hybridized carbons (Fsp3) is 0.360. The van der Waals surface area contributed by atoms with Gasteiger partial charge in [-0.25, -0.2) is 8.42 Å². The Morgan fingerprint density at radius 3 is 2.26 bits per heavy atom. The van der Waals surface area contributed by atoms with Crippen LogP contribution >= 0.6 is 11.6 Å². The van der Waals surface area contributed by atoms with Crippen molar-refractivity contribution in [1.82, 2.24) is 14.1 Å². The van der Waals surface area contributed by atoms with Crippen LogP contribution in [0.5, 0.6) is 0 Å². The van der Waals surface area contributed by atoms with Gasteiger partial charge >= 0.3 is 0 Å². The van der Waals surface area contributed by atoms with Crippen LogP contribution < -0.4 is 5.32 Å². The molecule has 1 aromatic heterocycles. The maximum Gasteiger partial charge on any atom is 0.243 e. The molecule has 1 aliphatic heterocycles. The minimum Gasteiger partial charge on any atom is -0.323 e. The zero-order valence-corrected chi connectivity index (χ0v) is 21.2. The molecule has 2 heterocycles. The standard InChI is InChI=1S/C25H29ClN4O3S/c1-17-4-6-20(7-5-17)16-30-19(3)24(18(2)28-30)27-25(31)21-12-14-29(15-13-21)34(32,33)23-10-8-22(26)9-11-23/h4-11,21H,12-16H2,1-3H3,(H,27,31). The average molecular weight is 501 g/mol. The molecule has 3 aromatic rings. The van der Waals surface area contributed by atoms with E-state index in [9.17, 15) is 13.2 Å². The minimum atomic E-state index is -3.60. The van der Waals surface area contributed by atoms with Crippen molar-refractivity contribution in [3.63, 3.8) is 0 Å². The second-order valence-electron chi connectivity index (χ2n) is 8.81. The number of nitrogens with one attached hydrogen (secondary N) is 1. The van der Waals surface area contributed by atoms with Gasteiger partial charge in [0.2, 0.25) is 15.9 Å². The lowest BCUT2D eigenvalue weighted by molar-refractivity contribution is -0.120. The fourth-order valence-electron chi connectivity index (χ4n) is 4.24. The highest BCUT2D eigenvalue weighted by atomic mass is 35.5. The molecule has 180 valence electrons. The predicted molar refractivity (Wildman–Crippen MR) is 134 cm³/mol. The molecule has 1 fully saturated rings. The van der Waals surface area contributed by atoms with E-state index in [0.717, 1.165) is 22.6 Å². The van der Waals surface area contributed by atoms with Gasteiger partial charge in [0, 0.05) is 24.0 Å². The molecule has 9 heteroatoms. The predicted octanol–water partition coefficient (Wildman–Crippen LogP) is 4.55. The van der Waals surface area contributed by atoms with Gasteiger partial charge < -0.3 is 5.32 Å². The Morgan fingerprint density at radius 1 is 1.03 bits per heavy atom. The van der Waals surface area contributed by atoms with Gasteiger partial charge in [0.05, 0.1) is 28.5 Å². The number of sulfonamides is 1. The Morgan fingerprint density at radius 2 is 1.65 bits per heavy atom. The number of hydrogen-bond donors (Lipinski definition) is 1. The van der Waals surface area contributed by atoms with E-state index in [1.165, 1.54) is 22.0 Å². The van der Waals surface area contributed by atoms with E-state index < -0.39 is 10.0 Å². The van der Waals surface area contributed by atoms with Crippen molar-refractivity contribution >= 4 is 33.2 Å². The third kappa shape index (κ3) is 5.19. The van der Waals surface area contributed by atoms with Crippen LogP contribution in [0.1, 0.15) is 35.4 Å². The summed E-state index contributed by atoms with van der Waals surface area (Å²) in [6, 6.07) is 14.5. The SMILES string of the molecule is Cc1ccc(Cn2nc(C)c(NC(=O)C3CCN(S(=O)(=O)c4ccc(Cl)cc4)CC3)c2C)cc1. The summed E-state index contributed by atoms with van der Waals surface area (Å²) in [7, 11) is -3.60. The summed E-state index contributed by atoms with van der Waals surface area (Å²) in [5.41, 5.74) is 4.74. The van der Waals surface area contributed by atoms with E-state index in [4.69, 9.17) is 11.6 Å². The Balaban J connectivity index is 1.39. The van der Waals surface area contributed by atoms with Crippen molar-refractivity contribution in [3.8, 4) is 0 Å². The number of halogens is 1. The first-order valence-corrected chi connectivity index (χ1v) is 13.1. The van der Waals surface area contributed by atoms with Gasteiger partial charge in [-0.1, -0.05) is 41.4 Å². The van der Waals surface area contributed by atoms with Crippen molar-refractivity contribution in [2.45, 2.75) is 45.1 Å². The lowest BCUT2D eigenvalue weighted by Gasteiger charge is -2.30. The van der Waals surface area contributed by atoms with Crippen LogP contribution in [0.25, 0.3) is 0 Å². The number of hydrogen-bond acceptors (Lipinski definition) is 4. The number of carbonyl (C=O) groups is 1. The monoisotopic (exact) mass is 500 g/mol. The van der Waals surface area contributed by atoms with E-state index in [0.29, 0.717) is 37.5 Å². The number of aryl methyl sites for hydroxylation is 2. The van der Waals surface area contributed by atoms with Gasteiger partial charge in [0.1, 0.15) is 0 Å². The number of benzene rings is 2. The lowest BCUT2D eigenvalue weighted by atomic mass is 9.97. The first-order valence-electron chi connectivity index (χ1n) is 11.3. The van der Waals surface area contributed by atoms with Crippen molar-refractivity contribution in [2.24, 2.45) is 5.92 Å². The molecular weight excluding hydrogens is 472 g/mol. The zero-order valence-electron chi connectivity index (χ0n) is 19.6. The van der Waals surface area contributed by atoms with Crippen molar-refractivity contribution in [1.29, 1.82) is 0 Å². The molecule has 2 aromatic carbocycles. The van der Waals surface area contributed by atoms with Crippen LogP contribution in [0.4, 0.5) is 5.69 Å². The highest BCUT2D eigenvalue weighted by Crippen LogP contribution is 2.27. The van der Waals surface area contributed by atoms with Gasteiger partial charge in [-0.15, -0.1) is 0 Å². The molecule has 7 nitrogen and oxygen atoms in total. The Bertz CT molecular complexity index is 1280. The smallest absolute Gasteiger partial charge is 0.243 e. The molecule has 1 amide bonds. The van der Waals surface area contributed by atoms with E-state index in [-0.39, 0.29) is 16.7 Å². The number of amides is 1. The molecule has 1 N–H and O–H groups in total. The van der Waals surface area contributed by atoms with E-state index >= 15 is 0 Å². The molecule has 4 rings (SSSR count). The maximum absolute atomic E-state index is 13.0. The van der Waals surface area contributed by atoms with E-state index in [2.05, 4.69) is 41.6 Å². The lowest BCUT2D eigenvalue weighted by Crippen LogP contribution is -2.41. The van der Waals surface area contributed by atoms with Gasteiger partial charge in [-0.3, -0.25) is 9.48 Å². The molecule has 0 atom stereocenters. The number of aromatic nitrogens is 2. The molecular formula is C25H29ClN4O3S. The molecule has 1 aliphatic rings. The first kappa shape index (κ1) is 24.4. The van der Waals surface area contributed by atoms with Crippen molar-refractivity contribution in [2.75, 3.05) is 18.4 Å². The summed E-state index contributed by atoms with van der Waals surface area (Å²) < 4.78 is 29.1. The number of nitrogens with zero attached hydrogens (tertiary/aromatic N) is 3. The summed E-state index contributed by atoms with van der Waals surface area (Å²) in [6.45, 7) is 7.12. The molecule has 34 heavy (non-hydrogen) atoms. The van der Waals surface area contributed by atoms with Crippen LogP contribution in [-0.4, -0.2) is 41.5 Å². The van der Waals surface area contributed by atoms with E-state index in [1.54, 1.807) is 12.1 Å². The number of rotatable bonds is 6. The summed E-state index contributed by atoms with van der Waals surface area (Å²) in [5.74, 6) is -0.347. The number of piperidine rings is 1. The van der Waals surface area contributed by atoms with Gasteiger partial charge in [-0.2, -0.15) is 9.40 Å². The topological polar surface area (TPSA) is 84.3 Å². The molecule has 0 aliphatic carbocycles. The Hall–Kier alpha value is -2.68. The Kier molecular flexibility index (Phi) is 7.12. The molecule has 0 bridgehead atoms. The van der Waals surface area contributed by atoms with Crippen LogP contribution in [0.15, 0.2) is 53.4 Å². The number of anilines is 1. The largest absolute Gasteiger partial charge is 0.323 e. The molecule has 0 spiro atoms. The summed E-state index contributed by atoms with van der Waals surface area (Å²) >= 11 is 5.88. The summed E-state index contributed by atoms with van der Waals surface area (Å²) in [6.07, 6.45) is 0.933. The third-order valence-corrected chi connectivity index (χ3v) is 8.52. The third-order valence-electron chi connectivity index (χ3n) is 6.36. The first-order chi connectivity index (χ1) is 16.1. The Labute approximate surface area is 205 Å². The van der Waals surface area contributed by atoms with Crippen LogP contribution in [0, 0.1) is 26.7 Å². The normalized spacial score (nSPS) is 15.4. The summed E-state index contributed by atoms with van der Waals surface area (Å²) in [4.78, 5) is 13.2. The quantitative estimate of drug-likeness (QED) is 0.538. The minimum absolute atomic E-state index is 0.0929. The van der Waals surface area contributed by atoms with E-state index in [1.807, 2.05) is 18.5 Å². The zero-order chi connectivity index (χ0) is 24.5. The second kappa shape index (κ2) is 9.90. The summed E-state index contributed by atoms with van der Waals surface area (Å²) in [5, 5.41) is 8.15. The number of carbonyl (C=O) groups excluding carboxylic acids is 1. The van der Waals surface area contributed by atoms with Crippen molar-refractivity contribution in [3.05, 3.63) is 76.1 Å². The molecule has 0 radical (unpaired) electrons. The van der Waals surface area contributed by atoms with Gasteiger partial charge in [0.25, 0.3) is 0 Å². The average Bonchev–Trinajstić information content (AvgIpc) is 3.08. The molecule has 1 saturated heterocycles. The molecule has 0 saturated carbocycles. The fourth-order valence-corrected chi connectivity index (χ4v) is 5.83. The molecule has 0 unspecified atom stereocenters. The maximum atomic E-state index is 13.0. The van der Waals surface area contributed by atoms with Crippen molar-refractivity contribution < 1.29 is 13.2 Å². The highest BCUT2D eigenvalue weighted by molar-refractivity contribution is 7.89. The highest BCUT2D eigenvalue weighted by Gasteiger charge is 2.32. The van der Waals surface area contributed by atoms with Gasteiger partial charge in [-0.05, 0) is 63.4 Å². The van der Waals surface area contributed by atoms with Crippen LogP contribution in [0.3, 0.4) is 0 Å².